The van der Waals surface area contributed by atoms with Crippen LogP contribution < -0.4 is 4.74 Å². The predicted octanol–water partition coefficient (Wildman–Crippen LogP) is 4.05. The predicted molar refractivity (Wildman–Crippen MR) is 87.7 cm³/mol. The number of pyridine rings is 2. The van der Waals surface area contributed by atoms with Crippen molar-refractivity contribution in [3.63, 3.8) is 0 Å². The van der Waals surface area contributed by atoms with Gasteiger partial charge in [-0.15, -0.1) is 0 Å². The third-order valence-electron chi connectivity index (χ3n) is 2.73. The number of aliphatic imine (C=N–C) groups is 1. The molecule has 6 nitrogen and oxygen atoms in total. The van der Waals surface area contributed by atoms with Crippen LogP contribution in [0.15, 0.2) is 53.1 Å². The molecule has 1 N–H and O–H groups in total. The van der Waals surface area contributed by atoms with Crippen molar-refractivity contribution in [3.8, 4) is 11.6 Å². The van der Waals surface area contributed by atoms with Crippen molar-refractivity contribution in [2.45, 2.75) is 13.8 Å². The van der Waals surface area contributed by atoms with Crippen LogP contribution in [0.25, 0.3) is 0 Å². The second-order valence-corrected chi connectivity index (χ2v) is 5.05. The summed E-state index contributed by atoms with van der Waals surface area (Å²) in [5.41, 5.74) is 0.664. The summed E-state index contributed by atoms with van der Waals surface area (Å²) in [6.45, 7) is 2.78. The van der Waals surface area contributed by atoms with Gasteiger partial charge < -0.3 is 9.84 Å². The Labute approximate surface area is 138 Å². The van der Waals surface area contributed by atoms with Gasteiger partial charge in [0.05, 0.1) is 28.7 Å². The Morgan fingerprint density at radius 2 is 2.09 bits per heavy atom. The molecule has 118 valence electrons. The van der Waals surface area contributed by atoms with E-state index in [1.54, 1.807) is 18.2 Å². The van der Waals surface area contributed by atoms with Gasteiger partial charge in [0.2, 0.25) is 5.88 Å². The molecule has 2 aromatic heterocycles. The van der Waals surface area contributed by atoms with Gasteiger partial charge in [0.25, 0.3) is 0 Å². The van der Waals surface area contributed by atoms with Crippen molar-refractivity contribution in [3.05, 3.63) is 53.1 Å². The van der Waals surface area contributed by atoms with Crippen LogP contribution in [-0.2, 0) is 4.79 Å². The first-order chi connectivity index (χ1) is 11.0. The first-order valence-corrected chi connectivity index (χ1v) is 7.03. The summed E-state index contributed by atoms with van der Waals surface area (Å²) in [4.78, 5) is 23.4. The zero-order valence-electron chi connectivity index (χ0n) is 12.5. The number of hydrogen-bond acceptors (Lipinski definition) is 6. The molecule has 0 aromatic carbocycles. The molecule has 2 rings (SSSR count). The smallest absolute Gasteiger partial charge is 0.219 e. The number of carbonyl (C=O) groups is 1. The van der Waals surface area contributed by atoms with E-state index in [9.17, 15) is 9.90 Å². The molecule has 7 heteroatoms. The Kier molecular flexibility index (Phi) is 5.43. The normalized spacial score (nSPS) is 12.1. The fourth-order valence-corrected chi connectivity index (χ4v) is 1.82. The molecule has 2 heterocycles. The maximum Gasteiger partial charge on any atom is 0.219 e. The fraction of sp³-hybridized carbons (Fsp3) is 0.125. The average Bonchev–Trinajstić information content (AvgIpc) is 2.48. The van der Waals surface area contributed by atoms with Crippen LogP contribution in [-0.4, -0.2) is 27.1 Å². The molecular weight excluding hydrogens is 318 g/mol. The molecular formula is C16H14ClN3O3. The van der Waals surface area contributed by atoms with E-state index in [4.69, 9.17) is 16.3 Å². The van der Waals surface area contributed by atoms with Crippen LogP contribution >= 0.6 is 11.6 Å². The van der Waals surface area contributed by atoms with Crippen LogP contribution in [0.5, 0.6) is 11.6 Å². The SMILES string of the molecule is CC(=O)/C(C=Nc1ccc(Oc2cncc(Cl)c2)nc1)=C(\C)O. The molecule has 0 unspecified atom stereocenters. The minimum absolute atomic E-state index is 0.0809. The molecule has 0 radical (unpaired) electrons. The Morgan fingerprint density at radius 3 is 2.65 bits per heavy atom. The van der Waals surface area contributed by atoms with Crippen molar-refractivity contribution in [2.24, 2.45) is 4.99 Å². The topological polar surface area (TPSA) is 84.7 Å². The first kappa shape index (κ1) is 16.6. The number of aliphatic hydroxyl groups is 1. The highest BCUT2D eigenvalue weighted by Gasteiger charge is 2.05. The van der Waals surface area contributed by atoms with Gasteiger partial charge in [-0.05, 0) is 19.9 Å². The van der Waals surface area contributed by atoms with E-state index in [1.165, 1.54) is 38.7 Å². The number of nitrogens with zero attached hydrogens (tertiary/aromatic N) is 3. The van der Waals surface area contributed by atoms with Crippen molar-refractivity contribution in [1.29, 1.82) is 0 Å². The second kappa shape index (κ2) is 7.51. The summed E-state index contributed by atoms with van der Waals surface area (Å²) in [5.74, 6) is 0.477. The highest BCUT2D eigenvalue weighted by Crippen LogP contribution is 2.22. The molecule has 0 aliphatic heterocycles. The summed E-state index contributed by atoms with van der Waals surface area (Å²) in [6.07, 6.45) is 5.81. The van der Waals surface area contributed by atoms with Gasteiger partial charge >= 0.3 is 0 Å². The zero-order valence-corrected chi connectivity index (χ0v) is 13.3. The van der Waals surface area contributed by atoms with E-state index in [2.05, 4.69) is 15.0 Å². The molecule has 0 atom stereocenters. The quantitative estimate of drug-likeness (QED) is 0.507. The Balaban J connectivity index is 2.11. The first-order valence-electron chi connectivity index (χ1n) is 6.65. The molecule has 0 fully saturated rings. The molecule has 2 aromatic rings. The third kappa shape index (κ3) is 4.89. The van der Waals surface area contributed by atoms with Crippen molar-refractivity contribution < 1.29 is 14.6 Å². The molecule has 0 amide bonds. The number of rotatable bonds is 5. The summed E-state index contributed by atoms with van der Waals surface area (Å²) in [6, 6.07) is 4.91. The van der Waals surface area contributed by atoms with E-state index in [1.807, 2.05) is 0 Å². The third-order valence-corrected chi connectivity index (χ3v) is 2.94. The Morgan fingerprint density at radius 1 is 1.30 bits per heavy atom. The van der Waals surface area contributed by atoms with Gasteiger partial charge in [-0.25, -0.2) is 4.98 Å². The van der Waals surface area contributed by atoms with Crippen molar-refractivity contribution in [1.82, 2.24) is 9.97 Å². The van der Waals surface area contributed by atoms with E-state index in [0.29, 0.717) is 22.3 Å². The molecule has 0 aliphatic carbocycles. The standard InChI is InChI=1S/C16H14ClN3O3/c1-10(21)15(11(2)22)9-19-13-3-4-16(20-7-13)23-14-5-12(17)6-18-8-14/h3-9,21H,1-2H3/b15-10+,19-9?. The number of carbonyl (C=O) groups excluding carboxylic acids is 1. The summed E-state index contributed by atoms with van der Waals surface area (Å²) >= 11 is 5.82. The van der Waals surface area contributed by atoms with Gasteiger partial charge in [0, 0.05) is 24.5 Å². The second-order valence-electron chi connectivity index (χ2n) is 4.61. The minimum atomic E-state index is -0.268. The van der Waals surface area contributed by atoms with Crippen LogP contribution in [0, 0.1) is 0 Å². The van der Waals surface area contributed by atoms with E-state index in [-0.39, 0.29) is 17.1 Å². The molecule has 23 heavy (non-hydrogen) atoms. The lowest BCUT2D eigenvalue weighted by Crippen LogP contribution is -2.01. The van der Waals surface area contributed by atoms with Crippen molar-refractivity contribution in [2.75, 3.05) is 0 Å². The summed E-state index contributed by atoms with van der Waals surface area (Å²) < 4.78 is 5.50. The van der Waals surface area contributed by atoms with Gasteiger partial charge in [-0.2, -0.15) is 0 Å². The highest BCUT2D eigenvalue weighted by atomic mass is 35.5. The van der Waals surface area contributed by atoms with Gasteiger partial charge in [0.1, 0.15) is 11.5 Å². The average molecular weight is 332 g/mol. The maximum atomic E-state index is 11.3. The number of ketones is 1. The van der Waals surface area contributed by atoms with Crippen LogP contribution in [0.4, 0.5) is 5.69 Å². The van der Waals surface area contributed by atoms with Gasteiger partial charge in [0.15, 0.2) is 5.78 Å². The summed E-state index contributed by atoms with van der Waals surface area (Å²) in [7, 11) is 0. The summed E-state index contributed by atoms with van der Waals surface area (Å²) in [5, 5.41) is 9.87. The number of hydrogen-bond donors (Lipinski definition) is 1. The lowest BCUT2D eigenvalue weighted by Gasteiger charge is -2.04. The Bertz CT molecular complexity index is 766. The highest BCUT2D eigenvalue weighted by molar-refractivity contribution is 6.30. The van der Waals surface area contributed by atoms with Gasteiger partial charge in [-0.3, -0.25) is 14.8 Å². The number of Topliss-reactive ketones (excluding diaryl/α,β-unsaturated/α-hetero) is 1. The van der Waals surface area contributed by atoms with Crippen LogP contribution in [0.2, 0.25) is 5.02 Å². The van der Waals surface area contributed by atoms with E-state index in [0.717, 1.165) is 0 Å². The number of halogens is 1. The minimum Gasteiger partial charge on any atom is -0.512 e. The molecule has 0 spiro atoms. The number of allylic oxidation sites excluding steroid dienone is 2. The van der Waals surface area contributed by atoms with E-state index < -0.39 is 0 Å². The molecule has 0 saturated heterocycles. The largest absolute Gasteiger partial charge is 0.512 e. The van der Waals surface area contributed by atoms with Gasteiger partial charge in [-0.1, -0.05) is 11.6 Å². The number of aliphatic hydroxyl groups excluding tert-OH is 1. The van der Waals surface area contributed by atoms with Crippen LogP contribution in [0.3, 0.4) is 0 Å². The molecule has 0 aliphatic rings. The van der Waals surface area contributed by atoms with Crippen LogP contribution in [0.1, 0.15) is 13.8 Å². The maximum absolute atomic E-state index is 11.3. The Hall–Kier alpha value is -2.73. The molecule has 0 bridgehead atoms. The monoisotopic (exact) mass is 331 g/mol. The number of aromatic nitrogens is 2. The lowest BCUT2D eigenvalue weighted by atomic mass is 10.2. The zero-order chi connectivity index (χ0) is 16.8. The number of ether oxygens (including phenoxy) is 1. The fourth-order valence-electron chi connectivity index (χ4n) is 1.66. The lowest BCUT2D eigenvalue weighted by molar-refractivity contribution is -0.113. The molecule has 0 saturated carbocycles. The van der Waals surface area contributed by atoms with Crippen molar-refractivity contribution >= 4 is 29.3 Å². The van der Waals surface area contributed by atoms with E-state index >= 15 is 0 Å².